The van der Waals surface area contributed by atoms with Crippen LogP contribution in [0, 0.1) is 33.0 Å². The van der Waals surface area contributed by atoms with Crippen molar-refractivity contribution < 1.29 is 14.3 Å². The van der Waals surface area contributed by atoms with Gasteiger partial charge in [0.25, 0.3) is 0 Å². The van der Waals surface area contributed by atoms with Gasteiger partial charge in [-0.2, -0.15) is 12.6 Å². The molecule has 0 radical (unpaired) electrons. The Hall–Kier alpha value is -1.53. The van der Waals surface area contributed by atoms with Crippen molar-refractivity contribution in [3.8, 4) is 0 Å². The van der Waals surface area contributed by atoms with Gasteiger partial charge in [0.05, 0.1) is 12.0 Å². The first-order valence-corrected chi connectivity index (χ1v) is 17.7. The lowest BCUT2D eigenvalue weighted by Gasteiger charge is -2.60. The minimum Gasteiger partial charge on any atom is -0.465 e. The maximum Gasteiger partial charge on any atom is 0.312 e. The fourth-order valence-corrected chi connectivity index (χ4v) is 7.02. The molecule has 3 atom stereocenters. The number of nitrogens with one attached hydrogen (secondary N) is 2. The molecule has 44 heavy (non-hydrogen) atoms. The Bertz CT molecular complexity index is 1030. The summed E-state index contributed by atoms with van der Waals surface area (Å²) in [5.74, 6) is 1.39. The van der Waals surface area contributed by atoms with Crippen LogP contribution in [-0.4, -0.2) is 38.1 Å². The second kappa shape index (κ2) is 16.9. The van der Waals surface area contributed by atoms with Gasteiger partial charge in [-0.1, -0.05) is 120 Å². The molecule has 0 saturated heterocycles. The Labute approximate surface area is 277 Å². The molecule has 1 aromatic rings. The Balaban J connectivity index is 3.42. The summed E-state index contributed by atoms with van der Waals surface area (Å²) in [4.78, 5) is 25.3. The van der Waals surface area contributed by atoms with E-state index in [2.05, 4.69) is 131 Å². The smallest absolute Gasteiger partial charge is 0.312 e. The van der Waals surface area contributed by atoms with Crippen LogP contribution in [0.2, 0.25) is 0 Å². The maximum atomic E-state index is 14.3. The number of carbonyl (C=O) groups is 2. The molecule has 1 rings (SSSR count). The molecule has 3 unspecified atom stereocenters. The molecule has 1 aromatic carbocycles. The zero-order chi connectivity index (χ0) is 34.0. The largest absolute Gasteiger partial charge is 0.465 e. The van der Waals surface area contributed by atoms with Gasteiger partial charge in [-0.15, -0.1) is 0 Å². The van der Waals surface area contributed by atoms with Crippen LogP contribution in [-0.2, 0) is 20.1 Å². The van der Waals surface area contributed by atoms with Crippen molar-refractivity contribution in [2.75, 3.05) is 26.2 Å². The third kappa shape index (κ3) is 9.98. The third-order valence-corrected chi connectivity index (χ3v) is 12.0. The van der Waals surface area contributed by atoms with E-state index in [0.29, 0.717) is 25.6 Å². The fraction of sp³-hybridized carbons (Fsp3) is 0.789. The molecule has 0 aliphatic rings. The topological polar surface area (TPSA) is 67.4 Å². The number of hydrogen-bond donors (Lipinski definition) is 3. The number of hydrogen-bond acceptors (Lipinski definition) is 5. The number of rotatable bonds is 19. The Kier molecular flexibility index (Phi) is 15.5. The molecule has 1 amide bonds. The van der Waals surface area contributed by atoms with Gasteiger partial charge in [-0.3, -0.25) is 9.59 Å². The van der Waals surface area contributed by atoms with Gasteiger partial charge in [0, 0.05) is 25.8 Å². The van der Waals surface area contributed by atoms with Crippen LogP contribution in [0.15, 0.2) is 24.3 Å². The highest BCUT2D eigenvalue weighted by Gasteiger charge is 2.62. The molecular formula is C38H68N2O3S. The van der Waals surface area contributed by atoms with Crippen LogP contribution in [0.4, 0.5) is 0 Å². The molecular weight excluding hydrogens is 564 g/mol. The standard InChI is InChI=1S/C38H68N2O3S/c1-14-15-17-28(2)35(7,8)26-32(31-20-18-30(27-44)19-21-31)36(9,10)37(11,12)38(13,34(4,5)6)33(42)43-25-16-22-39-23-24-40-29(3)41/h18-21,28,32,39,44H,14-17,22-27H2,1-13H3,(H,40,41). The van der Waals surface area contributed by atoms with Gasteiger partial charge in [-0.05, 0) is 70.9 Å². The van der Waals surface area contributed by atoms with E-state index >= 15 is 0 Å². The first-order valence-electron chi connectivity index (χ1n) is 17.0. The summed E-state index contributed by atoms with van der Waals surface area (Å²) in [7, 11) is 0. The Morgan fingerprint density at radius 3 is 1.98 bits per heavy atom. The molecule has 0 spiro atoms. The van der Waals surface area contributed by atoms with Crippen LogP contribution >= 0.6 is 12.6 Å². The Morgan fingerprint density at radius 1 is 0.886 bits per heavy atom. The van der Waals surface area contributed by atoms with Gasteiger partial charge in [0.1, 0.15) is 0 Å². The van der Waals surface area contributed by atoms with Crippen molar-refractivity contribution in [1.29, 1.82) is 0 Å². The van der Waals surface area contributed by atoms with E-state index in [1.54, 1.807) is 0 Å². The van der Waals surface area contributed by atoms with E-state index in [9.17, 15) is 9.59 Å². The van der Waals surface area contributed by atoms with Crippen molar-refractivity contribution >= 4 is 24.5 Å². The number of benzene rings is 1. The molecule has 0 bridgehead atoms. The van der Waals surface area contributed by atoms with Gasteiger partial charge in [0.2, 0.25) is 5.91 Å². The van der Waals surface area contributed by atoms with Crippen LogP contribution in [0.3, 0.4) is 0 Å². The summed E-state index contributed by atoms with van der Waals surface area (Å²) in [6, 6.07) is 9.03. The van der Waals surface area contributed by atoms with E-state index in [1.807, 2.05) is 0 Å². The molecule has 0 heterocycles. The monoisotopic (exact) mass is 632 g/mol. The Morgan fingerprint density at radius 2 is 1.48 bits per heavy atom. The van der Waals surface area contributed by atoms with Crippen molar-refractivity contribution in [3.63, 3.8) is 0 Å². The van der Waals surface area contributed by atoms with Gasteiger partial charge in [-0.25, -0.2) is 0 Å². The van der Waals surface area contributed by atoms with Gasteiger partial charge < -0.3 is 15.4 Å². The number of thiol groups is 1. The number of ether oxygens (including phenoxy) is 1. The van der Waals surface area contributed by atoms with E-state index in [-0.39, 0.29) is 34.0 Å². The lowest BCUT2D eigenvalue weighted by atomic mass is 9.43. The molecule has 0 aromatic heterocycles. The average Bonchev–Trinajstić information content (AvgIpc) is 2.94. The van der Waals surface area contributed by atoms with Crippen LogP contribution < -0.4 is 10.6 Å². The summed E-state index contributed by atoms with van der Waals surface area (Å²) in [5.41, 5.74) is 0.886. The molecule has 5 nitrogen and oxygen atoms in total. The highest BCUT2D eigenvalue weighted by Crippen LogP contribution is 2.65. The van der Waals surface area contributed by atoms with Gasteiger partial charge in [0.15, 0.2) is 0 Å². The highest BCUT2D eigenvalue weighted by molar-refractivity contribution is 7.79. The predicted octanol–water partition coefficient (Wildman–Crippen LogP) is 9.21. The molecule has 0 aliphatic heterocycles. The predicted molar refractivity (Wildman–Crippen MR) is 191 cm³/mol. The number of amides is 1. The quantitative estimate of drug-likeness (QED) is 0.0808. The maximum absolute atomic E-state index is 14.3. The normalized spacial score (nSPS) is 15.8. The number of carbonyl (C=O) groups excluding carboxylic acids is 2. The van der Waals surface area contributed by atoms with Gasteiger partial charge >= 0.3 is 5.97 Å². The second-order valence-electron chi connectivity index (χ2n) is 16.1. The fourth-order valence-electron chi connectivity index (χ4n) is 6.81. The summed E-state index contributed by atoms with van der Waals surface area (Å²) in [6.07, 6.45) is 5.45. The number of esters is 1. The molecule has 6 heteroatoms. The SMILES string of the molecule is CCCCC(C)C(C)(C)CC(c1ccc(CS)cc1)C(C)(C)C(C)(C)C(C)(C(=O)OCCCNCCNC(C)=O)C(C)(C)C. The minimum absolute atomic E-state index is 0.0285. The van der Waals surface area contributed by atoms with Crippen molar-refractivity contribution in [2.24, 2.45) is 33.0 Å². The molecule has 0 fully saturated rings. The van der Waals surface area contributed by atoms with E-state index in [1.165, 1.54) is 37.3 Å². The highest BCUT2D eigenvalue weighted by atomic mass is 32.1. The lowest BCUT2D eigenvalue weighted by molar-refractivity contribution is -0.188. The first-order chi connectivity index (χ1) is 20.2. The lowest BCUT2D eigenvalue weighted by Crippen LogP contribution is -2.59. The van der Waals surface area contributed by atoms with Crippen molar-refractivity contribution in [1.82, 2.24) is 10.6 Å². The summed E-state index contributed by atoms with van der Waals surface area (Å²) in [6.45, 7) is 31.5. The zero-order valence-corrected chi connectivity index (χ0v) is 31.6. The van der Waals surface area contributed by atoms with Crippen LogP contribution in [0.1, 0.15) is 139 Å². The minimum atomic E-state index is -0.760. The zero-order valence-electron chi connectivity index (χ0n) is 30.7. The molecule has 254 valence electrons. The second-order valence-corrected chi connectivity index (χ2v) is 16.4. The number of unbranched alkanes of at least 4 members (excludes halogenated alkanes) is 1. The van der Waals surface area contributed by atoms with E-state index < -0.39 is 10.8 Å². The molecule has 0 aliphatic carbocycles. The van der Waals surface area contributed by atoms with E-state index in [4.69, 9.17) is 4.74 Å². The molecule has 2 N–H and O–H groups in total. The molecule has 0 saturated carbocycles. The summed E-state index contributed by atoms with van der Waals surface area (Å²) >= 11 is 4.51. The van der Waals surface area contributed by atoms with Crippen LogP contribution in [0.5, 0.6) is 0 Å². The summed E-state index contributed by atoms with van der Waals surface area (Å²) < 4.78 is 6.10. The van der Waals surface area contributed by atoms with Crippen LogP contribution in [0.25, 0.3) is 0 Å². The third-order valence-electron chi connectivity index (χ3n) is 11.7. The summed E-state index contributed by atoms with van der Waals surface area (Å²) in [5, 5.41) is 6.10. The van der Waals surface area contributed by atoms with Crippen molar-refractivity contribution in [3.05, 3.63) is 35.4 Å². The average molecular weight is 633 g/mol. The van der Waals surface area contributed by atoms with Crippen molar-refractivity contribution in [2.45, 2.75) is 134 Å². The van der Waals surface area contributed by atoms with E-state index in [0.717, 1.165) is 25.1 Å². The first kappa shape index (κ1) is 40.5.